The molecule has 0 radical (unpaired) electrons. The zero-order valence-electron chi connectivity index (χ0n) is 13.9. The van der Waals surface area contributed by atoms with Crippen molar-refractivity contribution in [1.29, 1.82) is 0 Å². The molecule has 1 aromatic carbocycles. The second kappa shape index (κ2) is 6.80. The molecule has 1 heterocycles. The summed E-state index contributed by atoms with van der Waals surface area (Å²) in [6.07, 6.45) is 9.45. The molecule has 4 rings (SSSR count). The maximum absolute atomic E-state index is 5.71. The van der Waals surface area contributed by atoms with Gasteiger partial charge in [0.05, 0.1) is 0 Å². The molecule has 3 aliphatic rings. The minimum absolute atomic E-state index is 0.670. The van der Waals surface area contributed by atoms with Crippen molar-refractivity contribution < 1.29 is 0 Å². The number of hydrogen-bond donors (Lipinski definition) is 1. The van der Waals surface area contributed by atoms with Crippen LogP contribution in [-0.2, 0) is 6.42 Å². The van der Waals surface area contributed by atoms with Gasteiger partial charge in [0, 0.05) is 19.1 Å². The number of nitrogens with zero attached hydrogens (tertiary/aromatic N) is 1. The molecule has 3 unspecified atom stereocenters. The van der Waals surface area contributed by atoms with Gasteiger partial charge in [-0.1, -0.05) is 36.8 Å². The number of piperidine rings is 1. The Kier molecular flexibility index (Phi) is 4.57. The highest BCUT2D eigenvalue weighted by molar-refractivity contribution is 7.80. The lowest BCUT2D eigenvalue weighted by Crippen LogP contribution is -2.49. The van der Waals surface area contributed by atoms with Crippen LogP contribution in [0.4, 0.5) is 0 Å². The lowest BCUT2D eigenvalue weighted by atomic mass is 9.90. The fraction of sp³-hybridized carbons (Fsp3) is 0.650. The van der Waals surface area contributed by atoms with Gasteiger partial charge in [0.2, 0.25) is 0 Å². The summed E-state index contributed by atoms with van der Waals surface area (Å²) < 4.78 is 0. The van der Waals surface area contributed by atoms with E-state index in [-0.39, 0.29) is 0 Å². The molecular formula is C20H28N2S. The summed E-state index contributed by atoms with van der Waals surface area (Å²) in [7, 11) is 0. The van der Waals surface area contributed by atoms with Gasteiger partial charge in [-0.25, -0.2) is 0 Å². The standard InChI is InChI=1S/C20H28N2S/c23-20(21-19-14-17-6-7-18(19)13-17)22-10-8-16(9-11-22)12-15-4-2-1-3-5-15/h1-5,16-19H,6-14H2,(H,21,23). The molecule has 0 aromatic heterocycles. The molecule has 23 heavy (non-hydrogen) atoms. The van der Waals surface area contributed by atoms with Gasteiger partial charge in [-0.3, -0.25) is 0 Å². The summed E-state index contributed by atoms with van der Waals surface area (Å²) in [6, 6.07) is 11.6. The first-order valence-corrected chi connectivity index (χ1v) is 9.78. The Morgan fingerprint density at radius 3 is 2.48 bits per heavy atom. The highest BCUT2D eigenvalue weighted by Crippen LogP contribution is 2.44. The highest BCUT2D eigenvalue weighted by Gasteiger charge is 2.40. The molecule has 2 bridgehead atoms. The van der Waals surface area contributed by atoms with Gasteiger partial charge in [-0.05, 0) is 74.1 Å². The smallest absolute Gasteiger partial charge is 0.169 e. The molecule has 1 N–H and O–H groups in total. The first-order valence-electron chi connectivity index (χ1n) is 9.37. The van der Waals surface area contributed by atoms with Crippen LogP contribution in [0.2, 0.25) is 0 Å². The second-order valence-electron chi connectivity index (χ2n) is 7.85. The SMILES string of the molecule is S=C(NC1CC2CCC1C2)N1CCC(Cc2ccccc2)CC1. The van der Waals surface area contributed by atoms with Crippen molar-refractivity contribution in [1.82, 2.24) is 10.2 Å². The molecule has 2 saturated carbocycles. The minimum atomic E-state index is 0.670. The predicted octanol–water partition coefficient (Wildman–Crippen LogP) is 4.00. The van der Waals surface area contributed by atoms with E-state index >= 15 is 0 Å². The Morgan fingerprint density at radius 2 is 1.83 bits per heavy atom. The molecule has 124 valence electrons. The number of likely N-dealkylation sites (tertiary alicyclic amines) is 1. The largest absolute Gasteiger partial charge is 0.360 e. The maximum Gasteiger partial charge on any atom is 0.169 e. The van der Waals surface area contributed by atoms with Gasteiger partial charge < -0.3 is 10.2 Å². The monoisotopic (exact) mass is 328 g/mol. The van der Waals surface area contributed by atoms with Crippen molar-refractivity contribution in [2.45, 2.75) is 51.0 Å². The van der Waals surface area contributed by atoms with Crippen molar-refractivity contribution in [2.24, 2.45) is 17.8 Å². The van der Waals surface area contributed by atoms with E-state index in [0.29, 0.717) is 6.04 Å². The molecule has 1 aromatic rings. The molecular weight excluding hydrogens is 300 g/mol. The third-order valence-corrected chi connectivity index (χ3v) is 6.69. The van der Waals surface area contributed by atoms with Crippen LogP contribution in [0, 0.1) is 17.8 Å². The van der Waals surface area contributed by atoms with Crippen LogP contribution < -0.4 is 5.32 Å². The second-order valence-corrected chi connectivity index (χ2v) is 8.24. The number of hydrogen-bond acceptors (Lipinski definition) is 1. The summed E-state index contributed by atoms with van der Waals surface area (Å²) >= 11 is 5.71. The van der Waals surface area contributed by atoms with Crippen LogP contribution in [0.25, 0.3) is 0 Å². The molecule has 2 nitrogen and oxygen atoms in total. The molecule has 2 aliphatic carbocycles. The molecule has 3 heteroatoms. The summed E-state index contributed by atoms with van der Waals surface area (Å²) in [5.41, 5.74) is 1.48. The van der Waals surface area contributed by atoms with Gasteiger partial charge in [0.25, 0.3) is 0 Å². The quantitative estimate of drug-likeness (QED) is 0.844. The van der Waals surface area contributed by atoms with Gasteiger partial charge >= 0.3 is 0 Å². The topological polar surface area (TPSA) is 15.3 Å². The molecule has 1 aliphatic heterocycles. The number of rotatable bonds is 3. The zero-order valence-corrected chi connectivity index (χ0v) is 14.7. The molecule has 0 spiro atoms. The Balaban J connectivity index is 1.24. The van der Waals surface area contributed by atoms with Crippen LogP contribution in [0.3, 0.4) is 0 Å². The Bertz CT molecular complexity index is 536. The third kappa shape index (κ3) is 3.55. The average Bonchev–Trinajstić information content (AvgIpc) is 3.19. The van der Waals surface area contributed by atoms with Crippen LogP contribution in [0.1, 0.15) is 44.1 Å². The lowest BCUT2D eigenvalue weighted by molar-refractivity contribution is 0.257. The van der Waals surface area contributed by atoms with Gasteiger partial charge in [-0.15, -0.1) is 0 Å². The fourth-order valence-electron chi connectivity index (χ4n) is 4.96. The highest BCUT2D eigenvalue weighted by atomic mass is 32.1. The Morgan fingerprint density at radius 1 is 1.04 bits per heavy atom. The van der Waals surface area contributed by atoms with E-state index in [1.54, 1.807) is 0 Å². The summed E-state index contributed by atoms with van der Waals surface area (Å²) in [5.74, 6) is 2.70. The van der Waals surface area contributed by atoms with Crippen molar-refractivity contribution in [3.8, 4) is 0 Å². The lowest BCUT2D eigenvalue weighted by Gasteiger charge is -2.36. The zero-order chi connectivity index (χ0) is 15.6. The number of nitrogens with one attached hydrogen (secondary N) is 1. The molecule has 3 atom stereocenters. The van der Waals surface area contributed by atoms with E-state index in [9.17, 15) is 0 Å². The van der Waals surface area contributed by atoms with Crippen molar-refractivity contribution >= 4 is 17.3 Å². The Labute approximate surface area is 145 Å². The summed E-state index contributed by atoms with van der Waals surface area (Å²) in [6.45, 7) is 2.26. The Hall–Kier alpha value is -1.09. The summed E-state index contributed by atoms with van der Waals surface area (Å²) in [4.78, 5) is 2.42. The number of fused-ring (bicyclic) bond motifs is 2. The third-order valence-electron chi connectivity index (χ3n) is 6.32. The molecule has 1 saturated heterocycles. The maximum atomic E-state index is 5.71. The van der Waals surface area contributed by atoms with Gasteiger partial charge in [0.15, 0.2) is 5.11 Å². The summed E-state index contributed by atoms with van der Waals surface area (Å²) in [5, 5.41) is 4.73. The first-order chi connectivity index (χ1) is 11.3. The van der Waals surface area contributed by atoms with E-state index in [0.717, 1.165) is 36.0 Å². The van der Waals surface area contributed by atoms with Crippen molar-refractivity contribution in [2.75, 3.05) is 13.1 Å². The van der Waals surface area contributed by atoms with Crippen molar-refractivity contribution in [3.05, 3.63) is 35.9 Å². The van der Waals surface area contributed by atoms with Crippen LogP contribution in [0.5, 0.6) is 0 Å². The van der Waals surface area contributed by atoms with E-state index < -0.39 is 0 Å². The first kappa shape index (κ1) is 15.4. The fourth-order valence-corrected chi connectivity index (χ4v) is 5.29. The molecule has 3 fully saturated rings. The van der Waals surface area contributed by atoms with Gasteiger partial charge in [-0.2, -0.15) is 0 Å². The normalized spacial score (nSPS) is 30.6. The van der Waals surface area contributed by atoms with E-state index in [4.69, 9.17) is 12.2 Å². The average molecular weight is 329 g/mol. The van der Waals surface area contributed by atoms with Crippen molar-refractivity contribution in [3.63, 3.8) is 0 Å². The van der Waals surface area contributed by atoms with Crippen LogP contribution in [-0.4, -0.2) is 29.1 Å². The van der Waals surface area contributed by atoms with E-state index in [1.807, 2.05) is 0 Å². The van der Waals surface area contributed by atoms with E-state index in [2.05, 4.69) is 40.5 Å². The number of thiocarbonyl (C=S) groups is 1. The van der Waals surface area contributed by atoms with Crippen LogP contribution >= 0.6 is 12.2 Å². The van der Waals surface area contributed by atoms with E-state index in [1.165, 1.54) is 50.5 Å². The minimum Gasteiger partial charge on any atom is -0.360 e. The van der Waals surface area contributed by atoms with Crippen LogP contribution in [0.15, 0.2) is 30.3 Å². The number of benzene rings is 1. The predicted molar refractivity (Wildman–Crippen MR) is 99.4 cm³/mol. The van der Waals surface area contributed by atoms with Gasteiger partial charge in [0.1, 0.15) is 0 Å². The molecule has 0 amide bonds.